The summed E-state index contributed by atoms with van der Waals surface area (Å²) in [5.74, 6) is -0.194. The van der Waals surface area contributed by atoms with Gasteiger partial charge in [0.25, 0.3) is 0 Å². The van der Waals surface area contributed by atoms with Crippen LogP contribution in [-0.4, -0.2) is 23.9 Å². The van der Waals surface area contributed by atoms with E-state index in [1.165, 1.54) is 0 Å². The lowest BCUT2D eigenvalue weighted by Crippen LogP contribution is -2.27. The van der Waals surface area contributed by atoms with Crippen molar-refractivity contribution in [3.63, 3.8) is 0 Å². The number of carbonyl (C=O) groups is 1. The lowest BCUT2D eigenvalue weighted by Gasteiger charge is -2.15. The van der Waals surface area contributed by atoms with E-state index in [0.29, 0.717) is 0 Å². The molecule has 1 atom stereocenters. The van der Waals surface area contributed by atoms with Crippen molar-refractivity contribution in [2.75, 3.05) is 18.8 Å². The molecule has 5 heteroatoms. The minimum atomic E-state index is -0.193. The van der Waals surface area contributed by atoms with Crippen LogP contribution in [0.2, 0.25) is 0 Å². The summed E-state index contributed by atoms with van der Waals surface area (Å²) >= 11 is 3.42. The zero-order chi connectivity index (χ0) is 12.4. The summed E-state index contributed by atoms with van der Waals surface area (Å²) in [6, 6.07) is 5.88. The molecule has 0 aromatic heterocycles. The molecule has 1 unspecified atom stereocenters. The normalized spacial score (nSPS) is 20.6. The Morgan fingerprint density at radius 1 is 1.47 bits per heavy atom. The van der Waals surface area contributed by atoms with Crippen LogP contribution in [0.4, 0.5) is 5.69 Å². The lowest BCUT2D eigenvalue weighted by molar-refractivity contribution is -0.121. The second kappa shape index (κ2) is 5.06. The predicted molar refractivity (Wildman–Crippen MR) is 71.1 cm³/mol. The van der Waals surface area contributed by atoms with Crippen LogP contribution in [0, 0.1) is 5.92 Å². The smallest absolute Gasteiger partial charge is 0.221 e. The van der Waals surface area contributed by atoms with E-state index in [4.69, 9.17) is 11.5 Å². The fourth-order valence-corrected chi connectivity index (χ4v) is 2.79. The molecule has 0 bridgehead atoms. The molecular formula is C12H16BrN3O. The number of amides is 1. The molecule has 0 aliphatic carbocycles. The summed E-state index contributed by atoms with van der Waals surface area (Å²) in [6.07, 6.45) is 0.860. The van der Waals surface area contributed by atoms with E-state index in [0.717, 1.165) is 41.8 Å². The van der Waals surface area contributed by atoms with Crippen molar-refractivity contribution in [3.05, 3.63) is 28.2 Å². The Kier molecular flexibility index (Phi) is 3.69. The molecule has 4 N–H and O–H groups in total. The van der Waals surface area contributed by atoms with E-state index < -0.39 is 0 Å². The number of halogens is 1. The molecule has 17 heavy (non-hydrogen) atoms. The number of carbonyl (C=O) groups excluding carboxylic acids is 1. The second-order valence-corrected chi connectivity index (χ2v) is 5.43. The number of anilines is 1. The van der Waals surface area contributed by atoms with Gasteiger partial charge < -0.3 is 11.5 Å². The van der Waals surface area contributed by atoms with Gasteiger partial charge in [-0.2, -0.15) is 0 Å². The first-order chi connectivity index (χ1) is 8.04. The van der Waals surface area contributed by atoms with E-state index in [9.17, 15) is 4.79 Å². The van der Waals surface area contributed by atoms with Crippen LogP contribution in [0.1, 0.15) is 12.0 Å². The summed E-state index contributed by atoms with van der Waals surface area (Å²) in [4.78, 5) is 13.3. The monoisotopic (exact) mass is 297 g/mol. The minimum Gasteiger partial charge on any atom is -0.399 e. The highest BCUT2D eigenvalue weighted by atomic mass is 79.9. The van der Waals surface area contributed by atoms with Crippen LogP contribution in [0.3, 0.4) is 0 Å². The van der Waals surface area contributed by atoms with Gasteiger partial charge in [-0.3, -0.25) is 9.69 Å². The van der Waals surface area contributed by atoms with Gasteiger partial charge in [-0.05, 0) is 36.7 Å². The third-order valence-corrected chi connectivity index (χ3v) is 3.52. The summed E-state index contributed by atoms with van der Waals surface area (Å²) in [5.41, 5.74) is 13.0. The Balaban J connectivity index is 2.00. The number of rotatable bonds is 3. The molecule has 1 heterocycles. The van der Waals surface area contributed by atoms with Gasteiger partial charge in [0.2, 0.25) is 5.91 Å². The maximum atomic E-state index is 11.1. The average Bonchev–Trinajstić information content (AvgIpc) is 2.64. The zero-order valence-corrected chi connectivity index (χ0v) is 11.1. The first-order valence-electron chi connectivity index (χ1n) is 5.61. The summed E-state index contributed by atoms with van der Waals surface area (Å²) < 4.78 is 0.984. The molecule has 1 aliphatic rings. The second-order valence-electron chi connectivity index (χ2n) is 4.52. The molecule has 1 aromatic carbocycles. The third-order valence-electron chi connectivity index (χ3n) is 3.06. The van der Waals surface area contributed by atoms with Crippen LogP contribution in [0.15, 0.2) is 22.7 Å². The van der Waals surface area contributed by atoms with Gasteiger partial charge in [0.1, 0.15) is 0 Å². The van der Waals surface area contributed by atoms with E-state index in [1.807, 2.05) is 18.2 Å². The topological polar surface area (TPSA) is 72.4 Å². The Morgan fingerprint density at radius 3 is 2.82 bits per heavy atom. The first-order valence-corrected chi connectivity index (χ1v) is 6.40. The summed E-state index contributed by atoms with van der Waals surface area (Å²) in [7, 11) is 0. The van der Waals surface area contributed by atoms with Crippen molar-refractivity contribution in [1.29, 1.82) is 0 Å². The minimum absolute atomic E-state index is 0.000463. The van der Waals surface area contributed by atoms with Gasteiger partial charge >= 0.3 is 0 Å². The molecule has 0 spiro atoms. The number of benzene rings is 1. The van der Waals surface area contributed by atoms with E-state index >= 15 is 0 Å². The molecule has 1 fully saturated rings. The molecule has 4 nitrogen and oxygen atoms in total. The van der Waals surface area contributed by atoms with Crippen molar-refractivity contribution in [2.45, 2.75) is 13.0 Å². The quantitative estimate of drug-likeness (QED) is 0.827. The van der Waals surface area contributed by atoms with Gasteiger partial charge in [-0.25, -0.2) is 0 Å². The Bertz CT molecular complexity index is 416. The van der Waals surface area contributed by atoms with Crippen LogP contribution in [0.25, 0.3) is 0 Å². The van der Waals surface area contributed by atoms with Gasteiger partial charge in [-0.15, -0.1) is 0 Å². The number of likely N-dealkylation sites (tertiary alicyclic amines) is 1. The van der Waals surface area contributed by atoms with E-state index in [2.05, 4.69) is 20.8 Å². The largest absolute Gasteiger partial charge is 0.399 e. The number of hydrogen-bond acceptors (Lipinski definition) is 3. The first kappa shape index (κ1) is 12.4. The van der Waals surface area contributed by atoms with Gasteiger partial charge in [0.05, 0.1) is 5.92 Å². The highest BCUT2D eigenvalue weighted by molar-refractivity contribution is 9.10. The molecule has 1 aromatic rings. The zero-order valence-electron chi connectivity index (χ0n) is 9.53. The maximum absolute atomic E-state index is 11.1. The lowest BCUT2D eigenvalue weighted by atomic mass is 10.1. The van der Waals surface area contributed by atoms with Crippen molar-refractivity contribution >= 4 is 27.5 Å². The molecule has 0 saturated carbocycles. The van der Waals surface area contributed by atoms with Gasteiger partial charge in [-0.1, -0.05) is 15.9 Å². The SMILES string of the molecule is NC(=O)C1CCN(Cc2cc(N)cc(Br)c2)C1. The van der Waals surface area contributed by atoms with Gasteiger partial charge in [0, 0.05) is 23.2 Å². The molecular weight excluding hydrogens is 282 g/mol. The fourth-order valence-electron chi connectivity index (χ4n) is 2.23. The van der Waals surface area contributed by atoms with Crippen molar-refractivity contribution in [2.24, 2.45) is 11.7 Å². The standard InChI is InChI=1S/C12H16BrN3O/c13-10-3-8(4-11(14)5-10)6-16-2-1-9(7-16)12(15)17/h3-5,9H,1-2,6-7,14H2,(H2,15,17). The Morgan fingerprint density at radius 2 is 2.24 bits per heavy atom. The van der Waals surface area contributed by atoms with E-state index in [-0.39, 0.29) is 11.8 Å². The molecule has 2 rings (SSSR count). The summed E-state index contributed by atoms with van der Waals surface area (Å²) in [6.45, 7) is 2.48. The van der Waals surface area contributed by atoms with Crippen molar-refractivity contribution < 1.29 is 4.79 Å². The van der Waals surface area contributed by atoms with Crippen LogP contribution in [-0.2, 0) is 11.3 Å². The number of nitrogens with zero attached hydrogens (tertiary/aromatic N) is 1. The Hall–Kier alpha value is -1.07. The van der Waals surface area contributed by atoms with Crippen LogP contribution < -0.4 is 11.5 Å². The van der Waals surface area contributed by atoms with Crippen molar-refractivity contribution in [3.8, 4) is 0 Å². The molecule has 1 aliphatic heterocycles. The molecule has 92 valence electrons. The third kappa shape index (κ3) is 3.20. The maximum Gasteiger partial charge on any atom is 0.221 e. The Labute approximate surface area is 109 Å². The number of hydrogen-bond donors (Lipinski definition) is 2. The molecule has 1 amide bonds. The van der Waals surface area contributed by atoms with Crippen molar-refractivity contribution in [1.82, 2.24) is 4.90 Å². The predicted octanol–water partition coefficient (Wildman–Crippen LogP) is 1.34. The molecule has 1 saturated heterocycles. The highest BCUT2D eigenvalue weighted by Gasteiger charge is 2.26. The number of primary amides is 1. The summed E-state index contributed by atoms with van der Waals surface area (Å²) in [5, 5.41) is 0. The van der Waals surface area contributed by atoms with Gasteiger partial charge in [0.15, 0.2) is 0 Å². The highest BCUT2D eigenvalue weighted by Crippen LogP contribution is 2.22. The number of nitrogens with two attached hydrogens (primary N) is 2. The van der Waals surface area contributed by atoms with E-state index in [1.54, 1.807) is 0 Å². The van der Waals surface area contributed by atoms with Crippen LogP contribution in [0.5, 0.6) is 0 Å². The van der Waals surface area contributed by atoms with Crippen LogP contribution >= 0.6 is 15.9 Å². The number of nitrogen functional groups attached to an aromatic ring is 1. The molecule has 0 radical (unpaired) electrons. The average molecular weight is 298 g/mol. The fraction of sp³-hybridized carbons (Fsp3) is 0.417.